The van der Waals surface area contributed by atoms with Crippen molar-refractivity contribution in [3.05, 3.63) is 28.8 Å². The SMILES string of the molecule is CC1CC(C(=O)O)CN(C(=O)Nc2ccc(Cl)c(C(=O)NC3CC3)c2)C1. The Labute approximate surface area is 156 Å². The van der Waals surface area contributed by atoms with Crippen molar-refractivity contribution >= 4 is 35.2 Å². The lowest BCUT2D eigenvalue weighted by atomic mass is 9.91. The van der Waals surface area contributed by atoms with Crippen LogP contribution in [0, 0.1) is 11.8 Å². The minimum atomic E-state index is -0.889. The molecule has 0 aromatic heterocycles. The number of carboxylic acid groups (broad SMARTS) is 1. The lowest BCUT2D eigenvalue weighted by molar-refractivity contribution is -0.143. The zero-order valence-electron chi connectivity index (χ0n) is 14.5. The largest absolute Gasteiger partial charge is 0.481 e. The van der Waals surface area contributed by atoms with Crippen LogP contribution in [0.1, 0.15) is 36.5 Å². The first-order valence-corrected chi connectivity index (χ1v) is 9.10. The molecule has 1 aliphatic heterocycles. The van der Waals surface area contributed by atoms with E-state index in [2.05, 4.69) is 10.6 Å². The number of carbonyl (C=O) groups excluding carboxylic acids is 2. The minimum Gasteiger partial charge on any atom is -0.481 e. The monoisotopic (exact) mass is 379 g/mol. The summed E-state index contributed by atoms with van der Waals surface area (Å²) in [5.41, 5.74) is 0.761. The molecule has 140 valence electrons. The third kappa shape index (κ3) is 4.46. The third-order valence-electron chi connectivity index (χ3n) is 4.67. The van der Waals surface area contributed by atoms with E-state index >= 15 is 0 Å². The summed E-state index contributed by atoms with van der Waals surface area (Å²) >= 11 is 6.10. The summed E-state index contributed by atoms with van der Waals surface area (Å²) in [6, 6.07) is 4.56. The standard InChI is InChI=1S/C18H22ClN3O4/c1-10-6-11(17(24)25)9-22(8-10)18(26)21-13-4-5-15(19)14(7-13)16(23)20-12-2-3-12/h4-5,7,10-12H,2-3,6,8-9H2,1H3,(H,20,23)(H,21,26)(H,24,25). The Bertz CT molecular complexity index is 735. The Morgan fingerprint density at radius 2 is 1.96 bits per heavy atom. The molecule has 3 rings (SSSR count). The Morgan fingerprint density at radius 1 is 1.23 bits per heavy atom. The van der Waals surface area contributed by atoms with Crippen LogP contribution in [0.25, 0.3) is 0 Å². The van der Waals surface area contributed by atoms with Crippen molar-refractivity contribution < 1.29 is 19.5 Å². The zero-order valence-corrected chi connectivity index (χ0v) is 15.3. The third-order valence-corrected chi connectivity index (χ3v) is 5.00. The number of nitrogens with zero attached hydrogens (tertiary/aromatic N) is 1. The van der Waals surface area contributed by atoms with Crippen molar-refractivity contribution in [3.8, 4) is 0 Å². The van der Waals surface area contributed by atoms with Gasteiger partial charge in [0.05, 0.1) is 16.5 Å². The molecule has 1 saturated heterocycles. The van der Waals surface area contributed by atoms with E-state index in [0.717, 1.165) is 12.8 Å². The fraction of sp³-hybridized carbons (Fsp3) is 0.500. The molecule has 26 heavy (non-hydrogen) atoms. The van der Waals surface area contributed by atoms with Gasteiger partial charge in [-0.05, 0) is 43.4 Å². The number of rotatable bonds is 4. The number of urea groups is 1. The van der Waals surface area contributed by atoms with Gasteiger partial charge in [-0.2, -0.15) is 0 Å². The van der Waals surface area contributed by atoms with Gasteiger partial charge in [-0.1, -0.05) is 18.5 Å². The van der Waals surface area contributed by atoms with Crippen LogP contribution in [0.5, 0.6) is 0 Å². The van der Waals surface area contributed by atoms with Crippen molar-refractivity contribution in [1.82, 2.24) is 10.2 Å². The molecule has 8 heteroatoms. The Kier molecular flexibility index (Phi) is 5.36. The van der Waals surface area contributed by atoms with Crippen molar-refractivity contribution in [2.75, 3.05) is 18.4 Å². The number of aliphatic carboxylic acids is 1. The predicted octanol–water partition coefficient (Wildman–Crippen LogP) is 2.81. The number of piperidine rings is 1. The smallest absolute Gasteiger partial charge is 0.321 e. The van der Waals surface area contributed by atoms with Gasteiger partial charge in [0.25, 0.3) is 5.91 Å². The summed E-state index contributed by atoms with van der Waals surface area (Å²) in [6.07, 6.45) is 2.50. The van der Waals surface area contributed by atoms with Crippen LogP contribution in [0.4, 0.5) is 10.5 Å². The maximum Gasteiger partial charge on any atom is 0.321 e. The van der Waals surface area contributed by atoms with Crippen LogP contribution in [-0.4, -0.2) is 47.0 Å². The normalized spacial score (nSPS) is 22.6. The highest BCUT2D eigenvalue weighted by Crippen LogP contribution is 2.25. The molecule has 2 atom stereocenters. The van der Waals surface area contributed by atoms with Gasteiger partial charge in [-0.3, -0.25) is 9.59 Å². The molecular formula is C18H22ClN3O4. The molecule has 2 unspecified atom stereocenters. The van der Waals surface area contributed by atoms with Gasteiger partial charge in [-0.15, -0.1) is 0 Å². The Balaban J connectivity index is 1.68. The van der Waals surface area contributed by atoms with E-state index in [0.29, 0.717) is 29.2 Å². The first-order valence-electron chi connectivity index (χ1n) is 8.72. The maximum atomic E-state index is 12.5. The molecule has 1 aromatic rings. The summed E-state index contributed by atoms with van der Waals surface area (Å²) < 4.78 is 0. The van der Waals surface area contributed by atoms with Crippen molar-refractivity contribution in [1.29, 1.82) is 0 Å². The number of nitrogens with one attached hydrogen (secondary N) is 2. The summed E-state index contributed by atoms with van der Waals surface area (Å²) in [6.45, 7) is 2.60. The van der Waals surface area contributed by atoms with Gasteiger partial charge < -0.3 is 20.6 Å². The van der Waals surface area contributed by atoms with Crippen LogP contribution in [0.15, 0.2) is 18.2 Å². The minimum absolute atomic E-state index is 0.112. The topological polar surface area (TPSA) is 98.7 Å². The van der Waals surface area contributed by atoms with Crippen LogP contribution in [-0.2, 0) is 4.79 Å². The molecule has 0 bridgehead atoms. The van der Waals surface area contributed by atoms with E-state index in [-0.39, 0.29) is 30.4 Å². The van der Waals surface area contributed by atoms with Crippen LogP contribution in [0.3, 0.4) is 0 Å². The number of halogens is 1. The number of hydrogen-bond acceptors (Lipinski definition) is 3. The molecule has 2 fully saturated rings. The van der Waals surface area contributed by atoms with Gasteiger partial charge in [-0.25, -0.2) is 4.79 Å². The van der Waals surface area contributed by atoms with Gasteiger partial charge >= 0.3 is 12.0 Å². The molecule has 1 saturated carbocycles. The number of hydrogen-bond donors (Lipinski definition) is 3. The van der Waals surface area contributed by atoms with Gasteiger partial charge in [0, 0.05) is 24.8 Å². The van der Waals surface area contributed by atoms with Gasteiger partial charge in [0.15, 0.2) is 0 Å². The fourth-order valence-corrected chi connectivity index (χ4v) is 3.37. The lowest BCUT2D eigenvalue weighted by Gasteiger charge is -2.34. The average Bonchev–Trinajstić information content (AvgIpc) is 3.39. The highest BCUT2D eigenvalue weighted by atomic mass is 35.5. The molecular weight excluding hydrogens is 358 g/mol. The quantitative estimate of drug-likeness (QED) is 0.749. The highest BCUT2D eigenvalue weighted by Gasteiger charge is 2.32. The molecule has 7 nitrogen and oxygen atoms in total. The summed E-state index contributed by atoms with van der Waals surface area (Å²) in [7, 11) is 0. The van der Waals surface area contributed by atoms with E-state index in [1.165, 1.54) is 4.90 Å². The summed E-state index contributed by atoms with van der Waals surface area (Å²) in [5.74, 6) is -1.60. The van der Waals surface area contributed by atoms with Crippen molar-refractivity contribution in [2.45, 2.75) is 32.2 Å². The second kappa shape index (κ2) is 7.53. The number of likely N-dealkylation sites (tertiary alicyclic amines) is 1. The van der Waals surface area contributed by atoms with E-state index in [1.807, 2.05) is 6.92 Å². The Hall–Kier alpha value is -2.28. The van der Waals surface area contributed by atoms with E-state index in [4.69, 9.17) is 11.6 Å². The lowest BCUT2D eigenvalue weighted by Crippen LogP contribution is -2.47. The molecule has 0 spiro atoms. The molecule has 3 amide bonds. The molecule has 3 N–H and O–H groups in total. The molecule has 2 aliphatic rings. The second-order valence-corrected chi connectivity index (χ2v) is 7.56. The summed E-state index contributed by atoms with van der Waals surface area (Å²) in [5, 5.41) is 15.2. The van der Waals surface area contributed by atoms with Gasteiger partial charge in [0.2, 0.25) is 0 Å². The summed E-state index contributed by atoms with van der Waals surface area (Å²) in [4.78, 5) is 37.5. The van der Waals surface area contributed by atoms with E-state index in [9.17, 15) is 19.5 Å². The Morgan fingerprint density at radius 3 is 2.62 bits per heavy atom. The first-order chi connectivity index (χ1) is 12.3. The number of anilines is 1. The van der Waals surface area contributed by atoms with Gasteiger partial charge in [0.1, 0.15) is 0 Å². The van der Waals surface area contributed by atoms with Crippen LogP contribution in [0.2, 0.25) is 5.02 Å². The second-order valence-electron chi connectivity index (χ2n) is 7.15. The molecule has 1 heterocycles. The van der Waals surface area contributed by atoms with E-state index in [1.54, 1.807) is 18.2 Å². The van der Waals surface area contributed by atoms with Crippen LogP contribution < -0.4 is 10.6 Å². The van der Waals surface area contributed by atoms with Crippen molar-refractivity contribution in [3.63, 3.8) is 0 Å². The number of carbonyl (C=O) groups is 3. The number of benzene rings is 1. The zero-order chi connectivity index (χ0) is 18.8. The molecule has 1 aliphatic carbocycles. The molecule has 0 radical (unpaired) electrons. The maximum absolute atomic E-state index is 12.5. The first kappa shape index (κ1) is 18.5. The highest BCUT2D eigenvalue weighted by molar-refractivity contribution is 6.34. The average molecular weight is 380 g/mol. The number of carboxylic acids is 1. The van der Waals surface area contributed by atoms with Crippen LogP contribution >= 0.6 is 11.6 Å². The van der Waals surface area contributed by atoms with E-state index < -0.39 is 11.9 Å². The fourth-order valence-electron chi connectivity index (χ4n) is 3.17. The predicted molar refractivity (Wildman–Crippen MR) is 97.4 cm³/mol. The number of amides is 3. The van der Waals surface area contributed by atoms with Crippen molar-refractivity contribution in [2.24, 2.45) is 11.8 Å². The molecule has 1 aromatic carbocycles.